The minimum Gasteiger partial charge on any atom is -0.353 e. The molecule has 1 saturated heterocycles. The van der Waals surface area contributed by atoms with Gasteiger partial charge >= 0.3 is 0 Å². The fraction of sp³-hybridized carbons (Fsp3) is 0.462. The molecule has 6 heteroatoms. The molecule has 1 unspecified atom stereocenters. The number of hydrogen-bond donors (Lipinski definition) is 0. The minimum atomic E-state index is 0.526. The van der Waals surface area contributed by atoms with Gasteiger partial charge in [0.1, 0.15) is 5.82 Å². The van der Waals surface area contributed by atoms with Gasteiger partial charge in [-0.2, -0.15) is 10.1 Å². The van der Waals surface area contributed by atoms with Gasteiger partial charge in [-0.1, -0.05) is 0 Å². The normalized spacial score (nSPS) is 19.1. The number of hydrogen-bond acceptors (Lipinski definition) is 4. The lowest BCUT2D eigenvalue weighted by molar-refractivity contribution is 0.717. The SMILES string of the molecule is Cc1cnn(-c2ncc(Br)c(N3CCCC3C)n2)c1. The van der Waals surface area contributed by atoms with Crippen LogP contribution in [0.25, 0.3) is 5.95 Å². The van der Waals surface area contributed by atoms with E-state index in [1.165, 1.54) is 12.8 Å². The van der Waals surface area contributed by atoms with Gasteiger partial charge in [-0.05, 0) is 48.2 Å². The highest BCUT2D eigenvalue weighted by molar-refractivity contribution is 9.10. The summed E-state index contributed by atoms with van der Waals surface area (Å²) in [5, 5.41) is 4.26. The summed E-state index contributed by atoms with van der Waals surface area (Å²) in [7, 11) is 0. The molecule has 1 fully saturated rings. The number of anilines is 1. The molecular weight excluding hydrogens is 306 g/mol. The zero-order valence-corrected chi connectivity index (χ0v) is 12.6. The highest BCUT2D eigenvalue weighted by atomic mass is 79.9. The Morgan fingerprint density at radius 3 is 2.84 bits per heavy atom. The molecule has 3 heterocycles. The van der Waals surface area contributed by atoms with E-state index in [0.29, 0.717) is 12.0 Å². The van der Waals surface area contributed by atoms with Gasteiger partial charge < -0.3 is 4.90 Å². The van der Waals surface area contributed by atoms with E-state index in [-0.39, 0.29) is 0 Å². The molecule has 1 aliphatic heterocycles. The predicted molar refractivity (Wildman–Crippen MR) is 77.6 cm³/mol. The molecule has 0 N–H and O–H groups in total. The number of rotatable bonds is 2. The molecule has 100 valence electrons. The maximum Gasteiger partial charge on any atom is 0.252 e. The van der Waals surface area contributed by atoms with Crippen molar-refractivity contribution in [2.45, 2.75) is 32.7 Å². The second-order valence-corrected chi connectivity index (χ2v) is 5.84. The monoisotopic (exact) mass is 321 g/mol. The van der Waals surface area contributed by atoms with Crippen molar-refractivity contribution in [2.24, 2.45) is 0 Å². The van der Waals surface area contributed by atoms with E-state index in [4.69, 9.17) is 0 Å². The lowest BCUT2D eigenvalue weighted by Crippen LogP contribution is -2.28. The molecule has 0 bridgehead atoms. The fourth-order valence-electron chi connectivity index (χ4n) is 2.43. The average molecular weight is 322 g/mol. The number of aryl methyl sites for hydroxylation is 1. The van der Waals surface area contributed by atoms with Crippen LogP contribution in [0.15, 0.2) is 23.1 Å². The molecule has 0 radical (unpaired) electrons. The summed E-state index contributed by atoms with van der Waals surface area (Å²) in [6.07, 6.45) is 7.98. The van der Waals surface area contributed by atoms with Crippen LogP contribution < -0.4 is 4.90 Å². The first-order valence-electron chi connectivity index (χ1n) is 6.46. The first-order valence-corrected chi connectivity index (χ1v) is 7.25. The third kappa shape index (κ3) is 2.36. The fourth-order valence-corrected chi connectivity index (χ4v) is 2.85. The van der Waals surface area contributed by atoms with Crippen LogP contribution in [0.2, 0.25) is 0 Å². The smallest absolute Gasteiger partial charge is 0.252 e. The first-order chi connectivity index (χ1) is 9.15. The van der Waals surface area contributed by atoms with E-state index in [1.54, 1.807) is 10.9 Å². The molecule has 1 aliphatic rings. The van der Waals surface area contributed by atoms with Crippen molar-refractivity contribution < 1.29 is 0 Å². The van der Waals surface area contributed by atoms with E-state index in [2.05, 4.69) is 42.8 Å². The Morgan fingerprint density at radius 2 is 2.21 bits per heavy atom. The zero-order valence-electron chi connectivity index (χ0n) is 11.0. The van der Waals surface area contributed by atoms with Crippen molar-refractivity contribution in [2.75, 3.05) is 11.4 Å². The molecule has 2 aromatic rings. The molecule has 0 saturated carbocycles. The lowest BCUT2D eigenvalue weighted by atomic mass is 10.2. The van der Waals surface area contributed by atoms with Gasteiger partial charge in [0.25, 0.3) is 5.95 Å². The second-order valence-electron chi connectivity index (χ2n) is 4.99. The topological polar surface area (TPSA) is 46.8 Å². The van der Waals surface area contributed by atoms with Crippen LogP contribution in [0.3, 0.4) is 0 Å². The van der Waals surface area contributed by atoms with E-state index >= 15 is 0 Å². The Hall–Kier alpha value is -1.43. The standard InChI is InChI=1S/C13H16BrN5/c1-9-6-16-19(8-9)13-15-7-11(14)12(17-13)18-5-3-4-10(18)2/h6-8,10H,3-5H2,1-2H3. The van der Waals surface area contributed by atoms with Crippen LogP contribution in [0.4, 0.5) is 5.82 Å². The van der Waals surface area contributed by atoms with Crippen molar-refractivity contribution in [3.63, 3.8) is 0 Å². The quantitative estimate of drug-likeness (QED) is 0.853. The summed E-state index contributed by atoms with van der Waals surface area (Å²) < 4.78 is 2.65. The van der Waals surface area contributed by atoms with Gasteiger partial charge in [0.2, 0.25) is 0 Å². The minimum absolute atomic E-state index is 0.526. The van der Waals surface area contributed by atoms with Gasteiger partial charge in [-0.3, -0.25) is 0 Å². The number of nitrogens with zero attached hydrogens (tertiary/aromatic N) is 5. The molecule has 0 amide bonds. The maximum atomic E-state index is 4.66. The Balaban J connectivity index is 2.00. The van der Waals surface area contributed by atoms with E-state index in [9.17, 15) is 0 Å². The summed E-state index contributed by atoms with van der Waals surface area (Å²) in [5.74, 6) is 1.58. The molecule has 19 heavy (non-hydrogen) atoms. The Morgan fingerprint density at radius 1 is 1.37 bits per heavy atom. The summed E-state index contributed by atoms with van der Waals surface area (Å²) in [4.78, 5) is 11.3. The molecular formula is C13H16BrN5. The molecule has 0 aliphatic carbocycles. The van der Waals surface area contributed by atoms with E-state index < -0.39 is 0 Å². The third-order valence-corrected chi connectivity index (χ3v) is 4.01. The predicted octanol–water partition coefficient (Wildman–Crippen LogP) is 2.72. The molecule has 2 aromatic heterocycles. The molecule has 0 aromatic carbocycles. The Bertz CT molecular complexity index is 594. The van der Waals surface area contributed by atoms with Crippen LogP contribution >= 0.6 is 15.9 Å². The lowest BCUT2D eigenvalue weighted by Gasteiger charge is -2.23. The van der Waals surface area contributed by atoms with E-state index in [1.807, 2.05) is 19.3 Å². The first kappa shape index (κ1) is 12.6. The van der Waals surface area contributed by atoms with Gasteiger partial charge in [0, 0.05) is 25.0 Å². The van der Waals surface area contributed by atoms with Crippen LogP contribution in [-0.4, -0.2) is 32.3 Å². The van der Waals surface area contributed by atoms with Crippen LogP contribution in [-0.2, 0) is 0 Å². The van der Waals surface area contributed by atoms with Crippen molar-refractivity contribution in [3.8, 4) is 5.95 Å². The van der Waals surface area contributed by atoms with Gasteiger partial charge in [-0.15, -0.1) is 0 Å². The highest BCUT2D eigenvalue weighted by Gasteiger charge is 2.24. The van der Waals surface area contributed by atoms with Crippen molar-refractivity contribution in [1.29, 1.82) is 0 Å². The van der Waals surface area contributed by atoms with Crippen LogP contribution in [0.5, 0.6) is 0 Å². The molecule has 0 spiro atoms. The Kier molecular flexibility index (Phi) is 3.26. The molecule has 5 nitrogen and oxygen atoms in total. The Labute approximate surface area is 120 Å². The van der Waals surface area contributed by atoms with Crippen LogP contribution in [0.1, 0.15) is 25.3 Å². The number of aromatic nitrogens is 4. The van der Waals surface area contributed by atoms with E-state index in [0.717, 1.165) is 22.4 Å². The van der Waals surface area contributed by atoms with Crippen LogP contribution in [0, 0.1) is 6.92 Å². The summed E-state index contributed by atoms with van der Waals surface area (Å²) >= 11 is 3.55. The highest BCUT2D eigenvalue weighted by Crippen LogP contribution is 2.30. The summed E-state index contributed by atoms with van der Waals surface area (Å²) in [6, 6.07) is 0.526. The number of halogens is 1. The molecule has 3 rings (SSSR count). The zero-order chi connectivity index (χ0) is 13.4. The average Bonchev–Trinajstić information content (AvgIpc) is 2.99. The van der Waals surface area contributed by atoms with Gasteiger partial charge in [0.05, 0.1) is 10.7 Å². The van der Waals surface area contributed by atoms with Crippen molar-refractivity contribution in [1.82, 2.24) is 19.7 Å². The summed E-state index contributed by atoms with van der Waals surface area (Å²) in [5.41, 5.74) is 1.10. The third-order valence-electron chi connectivity index (χ3n) is 3.45. The van der Waals surface area contributed by atoms with Crippen molar-refractivity contribution in [3.05, 3.63) is 28.6 Å². The van der Waals surface area contributed by atoms with Gasteiger partial charge in [-0.25, -0.2) is 9.67 Å². The van der Waals surface area contributed by atoms with Crippen molar-refractivity contribution >= 4 is 21.7 Å². The second kappa shape index (κ2) is 4.92. The summed E-state index contributed by atoms with van der Waals surface area (Å²) in [6.45, 7) is 5.29. The van der Waals surface area contributed by atoms with Gasteiger partial charge in [0.15, 0.2) is 0 Å². The maximum absolute atomic E-state index is 4.66. The largest absolute Gasteiger partial charge is 0.353 e. The molecule has 1 atom stereocenters.